The van der Waals surface area contributed by atoms with Gasteiger partial charge in [-0.1, -0.05) is 35.9 Å². The lowest BCUT2D eigenvalue weighted by atomic mass is 10.2. The normalized spacial score (nSPS) is 14.1. The molecule has 4 aromatic rings. The summed E-state index contributed by atoms with van der Waals surface area (Å²) in [5, 5.41) is 10.7. The van der Waals surface area contributed by atoms with Crippen LogP contribution in [0.5, 0.6) is 0 Å². The summed E-state index contributed by atoms with van der Waals surface area (Å²) in [6, 6.07) is 20.4. The number of piperazine rings is 1. The smallest absolute Gasteiger partial charge is 0.275 e. The number of nitriles is 1. The monoisotopic (exact) mass is 427 g/mol. The first-order valence-corrected chi connectivity index (χ1v) is 11.0. The van der Waals surface area contributed by atoms with Gasteiger partial charge in [-0.05, 0) is 31.2 Å². The minimum absolute atomic E-state index is 0.135. The second-order valence-corrected chi connectivity index (χ2v) is 8.64. The molecule has 6 nitrogen and oxygen atoms in total. The Morgan fingerprint density at radius 3 is 2.29 bits per heavy atom. The van der Waals surface area contributed by atoms with Gasteiger partial charge in [-0.3, -0.25) is 9.36 Å². The van der Waals surface area contributed by atoms with Crippen molar-refractivity contribution < 1.29 is 0 Å². The van der Waals surface area contributed by atoms with Crippen molar-refractivity contribution in [3.8, 4) is 11.8 Å². The topological polar surface area (TPSA) is 65.2 Å². The number of nitrogens with zero attached hydrogens (tertiary/aromatic N) is 5. The van der Waals surface area contributed by atoms with Crippen LogP contribution >= 0.6 is 11.3 Å². The van der Waals surface area contributed by atoms with Gasteiger partial charge >= 0.3 is 0 Å². The Hall–Kier alpha value is -3.63. The van der Waals surface area contributed by atoms with E-state index in [-0.39, 0.29) is 5.56 Å². The van der Waals surface area contributed by atoms with E-state index in [1.165, 1.54) is 23.4 Å². The second-order valence-electron chi connectivity index (χ2n) is 7.64. The highest BCUT2D eigenvalue weighted by Crippen LogP contribution is 2.36. The summed E-state index contributed by atoms with van der Waals surface area (Å²) in [4.78, 5) is 22.3. The maximum atomic E-state index is 13.2. The first-order valence-electron chi connectivity index (χ1n) is 10.2. The summed E-state index contributed by atoms with van der Waals surface area (Å²) in [5.74, 6) is 0. The standard InChI is InChI=1S/C24H21N5OS/c1-17-7-9-19(10-8-17)29-16-26-21-20(15-25)24(31-22(21)23(29)30)28-13-11-27(12-14-28)18-5-3-2-4-6-18/h2-10,16H,11-14H2,1H3. The van der Waals surface area contributed by atoms with E-state index in [2.05, 4.69) is 33.0 Å². The Morgan fingerprint density at radius 1 is 0.935 bits per heavy atom. The molecule has 2 aromatic carbocycles. The third-order valence-corrected chi connectivity index (χ3v) is 6.92. The predicted molar refractivity (Wildman–Crippen MR) is 126 cm³/mol. The van der Waals surface area contributed by atoms with Crippen LogP contribution < -0.4 is 15.4 Å². The van der Waals surface area contributed by atoms with E-state index in [9.17, 15) is 10.1 Å². The SMILES string of the molecule is Cc1ccc(-n2cnc3c(C#N)c(N4CCN(c5ccccc5)CC4)sc3c2=O)cc1. The second kappa shape index (κ2) is 7.89. The molecule has 5 rings (SSSR count). The quantitative estimate of drug-likeness (QED) is 0.495. The fraction of sp³-hybridized carbons (Fsp3) is 0.208. The van der Waals surface area contributed by atoms with E-state index in [4.69, 9.17) is 0 Å². The first-order chi connectivity index (χ1) is 15.2. The largest absolute Gasteiger partial charge is 0.368 e. The van der Waals surface area contributed by atoms with Gasteiger partial charge in [0, 0.05) is 31.9 Å². The molecule has 7 heteroatoms. The molecule has 2 aromatic heterocycles. The van der Waals surface area contributed by atoms with Crippen LogP contribution in [0.15, 0.2) is 65.7 Å². The number of para-hydroxylation sites is 1. The molecule has 0 amide bonds. The molecule has 0 radical (unpaired) electrons. The van der Waals surface area contributed by atoms with Gasteiger partial charge < -0.3 is 9.80 Å². The van der Waals surface area contributed by atoms with E-state index in [0.29, 0.717) is 15.8 Å². The molecule has 0 N–H and O–H groups in total. The number of rotatable bonds is 3. The zero-order chi connectivity index (χ0) is 21.4. The van der Waals surface area contributed by atoms with E-state index >= 15 is 0 Å². The fourth-order valence-electron chi connectivity index (χ4n) is 3.98. The molecule has 0 bridgehead atoms. The lowest BCUT2D eigenvalue weighted by molar-refractivity contribution is 0.657. The predicted octanol–water partition coefficient (Wildman–Crippen LogP) is 3.95. The minimum atomic E-state index is -0.135. The van der Waals surface area contributed by atoms with E-state index in [0.717, 1.165) is 42.4 Å². The first kappa shape index (κ1) is 19.3. The summed E-state index contributed by atoms with van der Waals surface area (Å²) < 4.78 is 2.08. The van der Waals surface area contributed by atoms with Gasteiger partial charge in [0.15, 0.2) is 0 Å². The van der Waals surface area contributed by atoms with Crippen molar-refractivity contribution in [2.45, 2.75) is 6.92 Å². The van der Waals surface area contributed by atoms with Crippen molar-refractivity contribution in [2.24, 2.45) is 0 Å². The Bertz CT molecular complexity index is 1330. The van der Waals surface area contributed by atoms with Crippen LogP contribution in [-0.2, 0) is 0 Å². The lowest BCUT2D eigenvalue weighted by Gasteiger charge is -2.36. The van der Waals surface area contributed by atoms with Crippen molar-refractivity contribution in [3.63, 3.8) is 0 Å². The van der Waals surface area contributed by atoms with Gasteiger partial charge in [-0.25, -0.2) is 4.98 Å². The lowest BCUT2D eigenvalue weighted by Crippen LogP contribution is -2.46. The molecule has 1 aliphatic heterocycles. The van der Waals surface area contributed by atoms with Gasteiger partial charge in [0.25, 0.3) is 5.56 Å². The number of benzene rings is 2. The van der Waals surface area contributed by atoms with Crippen LogP contribution in [0.4, 0.5) is 10.7 Å². The molecular weight excluding hydrogens is 406 g/mol. The molecule has 1 aliphatic rings. The molecular formula is C24H21N5OS. The van der Waals surface area contributed by atoms with Crippen LogP contribution in [0.2, 0.25) is 0 Å². The molecule has 0 saturated carbocycles. The van der Waals surface area contributed by atoms with Crippen molar-refractivity contribution >= 4 is 32.2 Å². The van der Waals surface area contributed by atoms with Crippen molar-refractivity contribution in [2.75, 3.05) is 36.0 Å². The summed E-state index contributed by atoms with van der Waals surface area (Å²) in [6.07, 6.45) is 1.53. The highest BCUT2D eigenvalue weighted by molar-refractivity contribution is 7.23. The van der Waals surface area contributed by atoms with E-state index < -0.39 is 0 Å². The number of hydrogen-bond acceptors (Lipinski definition) is 6. The maximum absolute atomic E-state index is 13.2. The summed E-state index contributed by atoms with van der Waals surface area (Å²) in [7, 11) is 0. The molecule has 1 fully saturated rings. The van der Waals surface area contributed by atoms with Crippen LogP contribution in [0, 0.1) is 18.3 Å². The van der Waals surface area contributed by atoms with Gasteiger partial charge in [0.1, 0.15) is 33.2 Å². The van der Waals surface area contributed by atoms with Crippen LogP contribution in [-0.4, -0.2) is 35.7 Å². The molecule has 0 atom stereocenters. The summed E-state index contributed by atoms with van der Waals surface area (Å²) in [6.45, 7) is 5.33. The van der Waals surface area contributed by atoms with Crippen LogP contribution in [0.25, 0.3) is 15.9 Å². The average molecular weight is 428 g/mol. The zero-order valence-electron chi connectivity index (χ0n) is 17.2. The minimum Gasteiger partial charge on any atom is -0.368 e. The van der Waals surface area contributed by atoms with Gasteiger partial charge in [-0.2, -0.15) is 5.26 Å². The fourth-order valence-corrected chi connectivity index (χ4v) is 5.16. The number of aromatic nitrogens is 2. The van der Waals surface area contributed by atoms with E-state index in [1.807, 2.05) is 49.4 Å². The zero-order valence-corrected chi connectivity index (χ0v) is 18.0. The number of aryl methyl sites for hydroxylation is 1. The highest BCUT2D eigenvalue weighted by Gasteiger charge is 2.25. The highest BCUT2D eigenvalue weighted by atomic mass is 32.1. The molecule has 31 heavy (non-hydrogen) atoms. The molecule has 0 aliphatic carbocycles. The number of anilines is 2. The van der Waals surface area contributed by atoms with Crippen LogP contribution in [0.1, 0.15) is 11.1 Å². The Morgan fingerprint density at radius 2 is 1.61 bits per heavy atom. The average Bonchev–Trinajstić information content (AvgIpc) is 3.20. The summed E-state index contributed by atoms with van der Waals surface area (Å²) in [5.41, 5.74) is 3.98. The number of thiophene rings is 1. The number of hydrogen-bond donors (Lipinski definition) is 0. The van der Waals surface area contributed by atoms with Crippen molar-refractivity contribution in [3.05, 3.63) is 82.4 Å². The third kappa shape index (κ3) is 3.45. The molecule has 0 spiro atoms. The third-order valence-electron chi connectivity index (χ3n) is 5.69. The van der Waals surface area contributed by atoms with Crippen LogP contribution in [0.3, 0.4) is 0 Å². The molecule has 154 valence electrons. The van der Waals surface area contributed by atoms with Gasteiger partial charge in [0.05, 0.1) is 5.69 Å². The Balaban J connectivity index is 1.48. The molecule has 0 unspecified atom stereocenters. The molecule has 3 heterocycles. The van der Waals surface area contributed by atoms with Crippen molar-refractivity contribution in [1.82, 2.24) is 9.55 Å². The Kier molecular flexibility index (Phi) is 4.92. The van der Waals surface area contributed by atoms with Crippen molar-refractivity contribution in [1.29, 1.82) is 5.26 Å². The van der Waals surface area contributed by atoms with E-state index in [1.54, 1.807) is 4.57 Å². The summed E-state index contributed by atoms with van der Waals surface area (Å²) >= 11 is 1.38. The number of fused-ring (bicyclic) bond motifs is 1. The maximum Gasteiger partial charge on any atom is 0.275 e. The molecule has 1 saturated heterocycles. The van der Waals surface area contributed by atoms with Gasteiger partial charge in [0.2, 0.25) is 0 Å². The van der Waals surface area contributed by atoms with Gasteiger partial charge in [-0.15, -0.1) is 11.3 Å². The Labute approximate surface area is 184 Å².